The Morgan fingerprint density at radius 2 is 2.07 bits per heavy atom. The molecule has 0 aromatic carbocycles. The van der Waals surface area contributed by atoms with Crippen molar-refractivity contribution in [2.45, 2.75) is 83.8 Å². The zero-order valence-corrected chi connectivity index (χ0v) is 18.1. The second-order valence-electron chi connectivity index (χ2n) is 8.09. The molecule has 2 amide bonds. The Labute approximate surface area is 176 Å². The molecule has 2 aromatic heterocycles. The first-order valence-electron chi connectivity index (χ1n) is 10.6. The highest BCUT2D eigenvalue weighted by Gasteiger charge is 2.40. The molecular weight excluding hydrogens is 386 g/mol. The summed E-state index contributed by atoms with van der Waals surface area (Å²) in [6.45, 7) is 7.83. The van der Waals surface area contributed by atoms with Gasteiger partial charge in [0.1, 0.15) is 11.9 Å². The molecule has 0 saturated heterocycles. The van der Waals surface area contributed by atoms with E-state index in [9.17, 15) is 9.59 Å². The van der Waals surface area contributed by atoms with Crippen molar-refractivity contribution in [1.82, 2.24) is 20.7 Å². The first-order chi connectivity index (χ1) is 14.4. The van der Waals surface area contributed by atoms with Gasteiger partial charge in [-0.1, -0.05) is 19.0 Å². The Kier molecular flexibility index (Phi) is 6.79. The topological polar surface area (TPSA) is 122 Å². The standard InChI is InChI=1S/C19H25N5O4.C2H6/c1-11-7-14(28-24-11)9-17(25)20-16-10-15(22-23-16)12-3-4-13(8-12)27-18(26)21-19(2)5-6-19;1-2/h7,10,12-13H,3-6,8-9H2,1-2H3,(H,21,26)(H2,20,22,23,25);1-2H3. The normalized spacial score (nSPS) is 21.3. The van der Waals surface area contributed by atoms with E-state index < -0.39 is 0 Å². The van der Waals surface area contributed by atoms with Gasteiger partial charge >= 0.3 is 6.09 Å². The zero-order chi connectivity index (χ0) is 21.7. The smallest absolute Gasteiger partial charge is 0.407 e. The van der Waals surface area contributed by atoms with Crippen LogP contribution in [0.15, 0.2) is 16.7 Å². The fraction of sp³-hybridized carbons (Fsp3) is 0.619. The van der Waals surface area contributed by atoms with E-state index in [0.717, 1.165) is 43.5 Å². The number of nitrogens with zero attached hydrogens (tertiary/aromatic N) is 2. The number of carbonyl (C=O) groups excluding carboxylic acids is 2. The molecule has 2 aromatic rings. The molecule has 0 radical (unpaired) electrons. The quantitative estimate of drug-likeness (QED) is 0.657. The van der Waals surface area contributed by atoms with Crippen LogP contribution >= 0.6 is 0 Å². The summed E-state index contributed by atoms with van der Waals surface area (Å²) in [6.07, 6.45) is 4.17. The molecule has 2 aliphatic rings. The highest BCUT2D eigenvalue weighted by Crippen LogP contribution is 2.37. The van der Waals surface area contributed by atoms with E-state index in [1.54, 1.807) is 13.0 Å². The third-order valence-electron chi connectivity index (χ3n) is 5.38. The minimum absolute atomic E-state index is 0.0734. The molecule has 2 aliphatic carbocycles. The monoisotopic (exact) mass is 417 g/mol. The molecule has 0 bridgehead atoms. The maximum Gasteiger partial charge on any atom is 0.407 e. The molecule has 4 rings (SSSR count). The molecule has 30 heavy (non-hydrogen) atoms. The van der Waals surface area contributed by atoms with Crippen LogP contribution in [0.1, 0.15) is 75.9 Å². The third kappa shape index (κ3) is 5.84. The molecule has 164 valence electrons. The van der Waals surface area contributed by atoms with Gasteiger partial charge in [-0.3, -0.25) is 9.89 Å². The van der Waals surface area contributed by atoms with Gasteiger partial charge in [-0.25, -0.2) is 4.79 Å². The number of amides is 2. The highest BCUT2D eigenvalue weighted by atomic mass is 16.6. The number of carbonyl (C=O) groups is 2. The molecule has 9 nitrogen and oxygen atoms in total. The van der Waals surface area contributed by atoms with Gasteiger partial charge in [-0.05, 0) is 46.0 Å². The van der Waals surface area contributed by atoms with Gasteiger partial charge in [0.25, 0.3) is 0 Å². The fourth-order valence-corrected chi connectivity index (χ4v) is 3.52. The molecule has 0 spiro atoms. The van der Waals surface area contributed by atoms with Crippen molar-refractivity contribution >= 4 is 17.8 Å². The maximum atomic E-state index is 12.1. The van der Waals surface area contributed by atoms with E-state index >= 15 is 0 Å². The molecule has 2 heterocycles. The van der Waals surface area contributed by atoms with Crippen LogP contribution in [-0.4, -0.2) is 39.0 Å². The van der Waals surface area contributed by atoms with Crippen molar-refractivity contribution < 1.29 is 18.8 Å². The van der Waals surface area contributed by atoms with E-state index in [-0.39, 0.29) is 36.0 Å². The lowest BCUT2D eigenvalue weighted by Gasteiger charge is -2.16. The number of hydrogen-bond donors (Lipinski definition) is 3. The lowest BCUT2D eigenvalue weighted by Crippen LogP contribution is -2.36. The van der Waals surface area contributed by atoms with E-state index in [1.165, 1.54) is 0 Å². The molecule has 2 fully saturated rings. The first kappa shape index (κ1) is 21.9. The Bertz CT molecular complexity index is 870. The lowest BCUT2D eigenvalue weighted by atomic mass is 10.0. The summed E-state index contributed by atoms with van der Waals surface area (Å²) in [5, 5.41) is 16.6. The second kappa shape index (κ2) is 9.32. The summed E-state index contributed by atoms with van der Waals surface area (Å²) in [7, 11) is 0. The van der Waals surface area contributed by atoms with Gasteiger partial charge < -0.3 is 19.9 Å². The molecule has 0 aliphatic heterocycles. The Balaban J connectivity index is 0.00000124. The second-order valence-corrected chi connectivity index (χ2v) is 8.09. The zero-order valence-electron chi connectivity index (χ0n) is 18.1. The fourth-order valence-electron chi connectivity index (χ4n) is 3.52. The van der Waals surface area contributed by atoms with Gasteiger partial charge in [0.15, 0.2) is 5.82 Å². The summed E-state index contributed by atoms with van der Waals surface area (Å²) in [6, 6.07) is 3.57. The number of alkyl carbamates (subject to hydrolysis) is 1. The number of anilines is 1. The summed E-state index contributed by atoms with van der Waals surface area (Å²) < 4.78 is 10.6. The SMILES string of the molecule is CC.Cc1cc(CC(=O)Nc2cc(C3CCC(OC(=O)NC4(C)CC4)C3)[nH]n2)on1. The van der Waals surface area contributed by atoms with E-state index in [1.807, 2.05) is 26.8 Å². The Hall–Kier alpha value is -2.84. The number of rotatable bonds is 6. The average molecular weight is 418 g/mol. The van der Waals surface area contributed by atoms with Crippen LogP contribution in [0, 0.1) is 6.92 Å². The number of aromatic nitrogens is 3. The third-order valence-corrected chi connectivity index (χ3v) is 5.38. The van der Waals surface area contributed by atoms with Crippen LogP contribution in [0.5, 0.6) is 0 Å². The van der Waals surface area contributed by atoms with Crippen LogP contribution in [0.2, 0.25) is 0 Å². The number of aromatic amines is 1. The molecule has 9 heteroatoms. The maximum absolute atomic E-state index is 12.1. The molecule has 2 atom stereocenters. The Morgan fingerprint density at radius 1 is 1.30 bits per heavy atom. The van der Waals surface area contributed by atoms with E-state index in [4.69, 9.17) is 9.26 Å². The molecule has 2 saturated carbocycles. The van der Waals surface area contributed by atoms with Crippen molar-refractivity contribution in [2.24, 2.45) is 0 Å². The number of H-pyrrole nitrogens is 1. The number of aryl methyl sites for hydroxylation is 1. The largest absolute Gasteiger partial charge is 0.446 e. The van der Waals surface area contributed by atoms with Crippen LogP contribution < -0.4 is 10.6 Å². The predicted molar refractivity (Wildman–Crippen MR) is 111 cm³/mol. The van der Waals surface area contributed by atoms with E-state index in [0.29, 0.717) is 11.6 Å². The van der Waals surface area contributed by atoms with Crippen molar-refractivity contribution in [2.75, 3.05) is 5.32 Å². The summed E-state index contributed by atoms with van der Waals surface area (Å²) in [4.78, 5) is 24.1. The summed E-state index contributed by atoms with van der Waals surface area (Å²) >= 11 is 0. The lowest BCUT2D eigenvalue weighted by molar-refractivity contribution is -0.115. The van der Waals surface area contributed by atoms with Crippen LogP contribution in [0.3, 0.4) is 0 Å². The predicted octanol–water partition coefficient (Wildman–Crippen LogP) is 3.83. The molecule has 3 N–H and O–H groups in total. The van der Waals surface area contributed by atoms with Gasteiger partial charge in [0.05, 0.1) is 12.1 Å². The molecular formula is C21H31N5O4. The summed E-state index contributed by atoms with van der Waals surface area (Å²) in [5.41, 5.74) is 1.60. The first-order valence-corrected chi connectivity index (χ1v) is 10.6. The minimum atomic E-state index is -0.328. The highest BCUT2D eigenvalue weighted by molar-refractivity contribution is 5.91. The number of nitrogens with one attached hydrogen (secondary N) is 3. The van der Waals surface area contributed by atoms with Crippen molar-refractivity contribution in [1.29, 1.82) is 0 Å². The van der Waals surface area contributed by atoms with Gasteiger partial charge in [0.2, 0.25) is 5.91 Å². The van der Waals surface area contributed by atoms with Crippen LogP contribution in [0.4, 0.5) is 10.6 Å². The van der Waals surface area contributed by atoms with Crippen molar-refractivity contribution in [3.8, 4) is 0 Å². The van der Waals surface area contributed by atoms with Gasteiger partial charge in [-0.2, -0.15) is 5.10 Å². The Morgan fingerprint density at radius 3 is 2.73 bits per heavy atom. The number of ether oxygens (including phenoxy) is 1. The summed E-state index contributed by atoms with van der Waals surface area (Å²) in [5.74, 6) is 0.997. The minimum Gasteiger partial charge on any atom is -0.446 e. The van der Waals surface area contributed by atoms with Crippen LogP contribution in [-0.2, 0) is 16.0 Å². The van der Waals surface area contributed by atoms with E-state index in [2.05, 4.69) is 26.0 Å². The van der Waals surface area contributed by atoms with Crippen LogP contribution in [0.25, 0.3) is 0 Å². The van der Waals surface area contributed by atoms with Gasteiger partial charge in [0, 0.05) is 29.3 Å². The number of hydrogen-bond acceptors (Lipinski definition) is 6. The van der Waals surface area contributed by atoms with Gasteiger partial charge in [-0.15, -0.1) is 0 Å². The van der Waals surface area contributed by atoms with Crippen molar-refractivity contribution in [3.63, 3.8) is 0 Å². The molecule has 2 unspecified atom stereocenters. The average Bonchev–Trinajstić information content (AvgIpc) is 3.11. The van der Waals surface area contributed by atoms with Crippen molar-refractivity contribution in [3.05, 3.63) is 29.3 Å².